The highest BCUT2D eigenvalue weighted by Crippen LogP contribution is 2.27. The molecule has 0 saturated heterocycles. The van der Waals surface area contributed by atoms with Gasteiger partial charge in [-0.2, -0.15) is 0 Å². The van der Waals surface area contributed by atoms with E-state index in [1.54, 1.807) is 6.07 Å². The normalized spacial score (nSPS) is 9.92. The van der Waals surface area contributed by atoms with Crippen LogP contribution in [0.5, 0.6) is 0 Å². The van der Waals surface area contributed by atoms with Gasteiger partial charge in [0, 0.05) is 15.9 Å². The summed E-state index contributed by atoms with van der Waals surface area (Å²) in [5, 5.41) is 0.906. The Bertz CT molecular complexity index is 497. The lowest BCUT2D eigenvalue weighted by Crippen LogP contribution is -1.62. The van der Waals surface area contributed by atoms with E-state index in [4.69, 9.17) is 4.42 Å². The van der Waals surface area contributed by atoms with Crippen molar-refractivity contribution in [3.63, 3.8) is 0 Å². The molecule has 4 heteroatoms. The van der Waals surface area contributed by atoms with E-state index in [0.717, 1.165) is 9.86 Å². The monoisotopic (exact) mass is 237 g/mol. The number of fused-ring (bicyclic) bond motifs is 1. The highest BCUT2D eigenvalue weighted by atomic mass is 79.9. The van der Waals surface area contributed by atoms with E-state index in [9.17, 15) is 4.79 Å². The number of carbonyl (C=O) groups excluding carboxylic acids is 1. The van der Waals surface area contributed by atoms with Crippen LogP contribution in [-0.4, -0.2) is 6.08 Å². The molecule has 1 heterocycles. The Morgan fingerprint density at radius 1 is 1.38 bits per heavy atom. The predicted octanol–water partition coefficient (Wildman–Crippen LogP) is 3.16. The smallest absolute Gasteiger partial charge is 0.243 e. The third-order valence-corrected chi connectivity index (χ3v) is 2.11. The second-order valence-electron chi connectivity index (χ2n) is 2.47. The van der Waals surface area contributed by atoms with Crippen molar-refractivity contribution in [2.75, 3.05) is 0 Å². The maximum atomic E-state index is 9.96. The molecular weight excluding hydrogens is 234 g/mol. The molecule has 0 unspecified atom stereocenters. The third kappa shape index (κ3) is 1.54. The van der Waals surface area contributed by atoms with Gasteiger partial charge in [-0.05, 0) is 18.2 Å². The molecule has 0 spiro atoms. The maximum Gasteiger partial charge on any atom is 0.243 e. The highest BCUT2D eigenvalue weighted by molar-refractivity contribution is 9.10. The number of isocyanates is 1. The summed E-state index contributed by atoms with van der Waals surface area (Å²) in [5.74, 6) is 0.281. The number of hydrogen-bond donors (Lipinski definition) is 0. The Hall–Kier alpha value is -1.38. The average molecular weight is 238 g/mol. The largest absolute Gasteiger partial charge is 0.438 e. The molecule has 0 bridgehead atoms. The van der Waals surface area contributed by atoms with Gasteiger partial charge in [0.25, 0.3) is 0 Å². The van der Waals surface area contributed by atoms with Crippen LogP contribution in [-0.2, 0) is 4.79 Å². The van der Waals surface area contributed by atoms with Crippen LogP contribution in [0, 0.1) is 0 Å². The van der Waals surface area contributed by atoms with E-state index in [-0.39, 0.29) is 5.88 Å². The molecule has 64 valence electrons. The first-order valence-electron chi connectivity index (χ1n) is 3.56. The van der Waals surface area contributed by atoms with Gasteiger partial charge in [0.2, 0.25) is 12.0 Å². The molecule has 1 aromatic carbocycles. The number of aliphatic imine (C=N–C) groups is 1. The molecular formula is C9H4BrNO2. The van der Waals surface area contributed by atoms with E-state index < -0.39 is 0 Å². The second-order valence-corrected chi connectivity index (χ2v) is 3.39. The quantitative estimate of drug-likeness (QED) is 0.565. The molecule has 0 fully saturated rings. The fraction of sp³-hybridized carbons (Fsp3) is 0. The van der Waals surface area contributed by atoms with Gasteiger partial charge in [-0.25, -0.2) is 4.79 Å². The first-order valence-corrected chi connectivity index (χ1v) is 4.36. The van der Waals surface area contributed by atoms with Crippen LogP contribution in [0.15, 0.2) is 38.1 Å². The van der Waals surface area contributed by atoms with Crippen molar-refractivity contribution in [2.45, 2.75) is 0 Å². The van der Waals surface area contributed by atoms with Gasteiger partial charge in [-0.15, -0.1) is 4.99 Å². The van der Waals surface area contributed by atoms with E-state index >= 15 is 0 Å². The summed E-state index contributed by atoms with van der Waals surface area (Å²) in [4.78, 5) is 13.3. The SMILES string of the molecule is O=C=Nc1cc2cc(Br)ccc2o1. The molecule has 0 radical (unpaired) electrons. The van der Waals surface area contributed by atoms with Crippen molar-refractivity contribution in [1.82, 2.24) is 0 Å². The van der Waals surface area contributed by atoms with Crippen LogP contribution in [0.3, 0.4) is 0 Å². The molecule has 3 nitrogen and oxygen atoms in total. The Morgan fingerprint density at radius 3 is 3.00 bits per heavy atom. The summed E-state index contributed by atoms with van der Waals surface area (Å²) in [7, 11) is 0. The Kier molecular flexibility index (Phi) is 2.00. The van der Waals surface area contributed by atoms with Crippen LogP contribution in [0.2, 0.25) is 0 Å². The van der Waals surface area contributed by atoms with Crippen molar-refractivity contribution in [2.24, 2.45) is 4.99 Å². The van der Waals surface area contributed by atoms with Gasteiger partial charge in [-0.1, -0.05) is 15.9 Å². The molecule has 0 aliphatic heterocycles. The number of benzene rings is 1. The molecule has 0 amide bonds. The predicted molar refractivity (Wildman–Crippen MR) is 51.7 cm³/mol. The van der Waals surface area contributed by atoms with E-state index in [1.165, 1.54) is 6.08 Å². The Labute approximate surface area is 82.2 Å². The fourth-order valence-corrected chi connectivity index (χ4v) is 1.48. The van der Waals surface area contributed by atoms with Gasteiger partial charge in [0.05, 0.1) is 0 Å². The van der Waals surface area contributed by atoms with Crippen LogP contribution in [0.1, 0.15) is 0 Å². The summed E-state index contributed by atoms with van der Waals surface area (Å²) >= 11 is 3.33. The average Bonchev–Trinajstić information content (AvgIpc) is 2.46. The van der Waals surface area contributed by atoms with Crippen molar-refractivity contribution in [3.8, 4) is 0 Å². The summed E-state index contributed by atoms with van der Waals surface area (Å²) in [6, 6.07) is 7.25. The van der Waals surface area contributed by atoms with Gasteiger partial charge in [-0.3, -0.25) is 0 Å². The fourth-order valence-electron chi connectivity index (χ4n) is 1.10. The lowest BCUT2D eigenvalue weighted by Gasteiger charge is -1.87. The summed E-state index contributed by atoms with van der Waals surface area (Å²) < 4.78 is 6.17. The first-order chi connectivity index (χ1) is 6.29. The summed E-state index contributed by atoms with van der Waals surface area (Å²) in [6.07, 6.45) is 1.43. The van der Waals surface area contributed by atoms with Gasteiger partial charge >= 0.3 is 0 Å². The van der Waals surface area contributed by atoms with Crippen molar-refractivity contribution in [3.05, 3.63) is 28.7 Å². The van der Waals surface area contributed by atoms with E-state index in [2.05, 4.69) is 20.9 Å². The zero-order valence-electron chi connectivity index (χ0n) is 6.45. The second kappa shape index (κ2) is 3.17. The van der Waals surface area contributed by atoms with Crippen molar-refractivity contribution < 1.29 is 9.21 Å². The molecule has 0 N–H and O–H groups in total. The molecule has 0 aliphatic rings. The minimum atomic E-state index is 0.281. The van der Waals surface area contributed by atoms with Crippen LogP contribution in [0.25, 0.3) is 11.0 Å². The van der Waals surface area contributed by atoms with E-state index in [1.807, 2.05) is 18.2 Å². The minimum Gasteiger partial charge on any atom is -0.438 e. The molecule has 2 rings (SSSR count). The zero-order valence-corrected chi connectivity index (χ0v) is 8.04. The zero-order chi connectivity index (χ0) is 9.26. The highest BCUT2D eigenvalue weighted by Gasteiger charge is 2.01. The number of rotatable bonds is 1. The van der Waals surface area contributed by atoms with Crippen molar-refractivity contribution >= 4 is 38.9 Å². The Morgan fingerprint density at radius 2 is 2.23 bits per heavy atom. The topological polar surface area (TPSA) is 42.6 Å². The van der Waals surface area contributed by atoms with Crippen LogP contribution in [0.4, 0.5) is 5.88 Å². The number of hydrogen-bond acceptors (Lipinski definition) is 3. The van der Waals surface area contributed by atoms with Gasteiger partial charge in [0.1, 0.15) is 5.58 Å². The molecule has 2 aromatic rings. The van der Waals surface area contributed by atoms with Crippen molar-refractivity contribution in [1.29, 1.82) is 0 Å². The molecule has 13 heavy (non-hydrogen) atoms. The summed E-state index contributed by atoms with van der Waals surface area (Å²) in [5.41, 5.74) is 0.706. The first kappa shape index (κ1) is 8.23. The lowest BCUT2D eigenvalue weighted by atomic mass is 10.3. The number of furan rings is 1. The third-order valence-electron chi connectivity index (χ3n) is 1.62. The molecule has 0 atom stereocenters. The molecule has 0 saturated carbocycles. The van der Waals surface area contributed by atoms with Crippen LogP contribution >= 0.6 is 15.9 Å². The van der Waals surface area contributed by atoms with Gasteiger partial charge < -0.3 is 4.42 Å². The Balaban J connectivity index is 2.68. The standard InChI is InChI=1S/C9H4BrNO2/c10-7-1-2-8-6(3-7)4-9(13-8)11-5-12/h1-4H. The maximum absolute atomic E-state index is 9.96. The number of halogens is 1. The number of nitrogens with zero attached hydrogens (tertiary/aromatic N) is 1. The van der Waals surface area contributed by atoms with E-state index in [0.29, 0.717) is 5.58 Å². The van der Waals surface area contributed by atoms with Gasteiger partial charge in [0.15, 0.2) is 0 Å². The molecule has 1 aromatic heterocycles. The summed E-state index contributed by atoms with van der Waals surface area (Å²) in [6.45, 7) is 0. The van der Waals surface area contributed by atoms with Crippen LogP contribution < -0.4 is 0 Å². The lowest BCUT2D eigenvalue weighted by molar-refractivity contribution is 0.561. The minimum absolute atomic E-state index is 0.281. The molecule has 0 aliphatic carbocycles.